The number of carbonyl (C=O) groups excluding carboxylic acids is 1. The van der Waals surface area contributed by atoms with Crippen LogP contribution in [-0.4, -0.2) is 22.3 Å². The third-order valence-corrected chi connectivity index (χ3v) is 4.05. The number of hydrogen-bond acceptors (Lipinski definition) is 4. The molecule has 6 heteroatoms. The Balaban J connectivity index is 2.25. The summed E-state index contributed by atoms with van der Waals surface area (Å²) in [6.45, 7) is 5.48. The standard InChI is InChI=1S/C21H23NO5/c1-14-4-8-16(9-5-14)22-20(26)27-19(15-6-10-17(23)11-7-15)21(2,3)13-12-18(24)25/h4-13,19,23H,1-3H3,(H,22,26)(H,24,25)/b13-12+/t19-/m0/s1. The average molecular weight is 369 g/mol. The molecule has 0 aliphatic heterocycles. The normalized spacial score (nSPS) is 12.6. The first-order chi connectivity index (χ1) is 12.7. The molecular formula is C21H23NO5. The van der Waals surface area contributed by atoms with Crippen molar-refractivity contribution in [2.45, 2.75) is 26.9 Å². The number of aryl methyl sites for hydroxylation is 1. The summed E-state index contributed by atoms with van der Waals surface area (Å²) < 4.78 is 5.63. The lowest BCUT2D eigenvalue weighted by molar-refractivity contribution is -0.131. The van der Waals surface area contributed by atoms with Crippen molar-refractivity contribution in [2.75, 3.05) is 5.32 Å². The van der Waals surface area contributed by atoms with Crippen LogP contribution >= 0.6 is 0 Å². The summed E-state index contributed by atoms with van der Waals surface area (Å²) in [5.41, 5.74) is 1.48. The van der Waals surface area contributed by atoms with E-state index in [1.165, 1.54) is 18.2 Å². The predicted octanol–water partition coefficient (Wildman–Crippen LogP) is 4.66. The number of aliphatic carboxylic acids is 1. The summed E-state index contributed by atoms with van der Waals surface area (Å²) >= 11 is 0. The molecule has 0 saturated carbocycles. The van der Waals surface area contributed by atoms with Crippen LogP contribution < -0.4 is 5.32 Å². The van der Waals surface area contributed by atoms with Crippen molar-refractivity contribution >= 4 is 17.7 Å². The minimum atomic E-state index is -1.09. The first kappa shape index (κ1) is 20.0. The van der Waals surface area contributed by atoms with Gasteiger partial charge in [0.1, 0.15) is 11.9 Å². The van der Waals surface area contributed by atoms with E-state index in [4.69, 9.17) is 9.84 Å². The van der Waals surface area contributed by atoms with E-state index in [1.54, 1.807) is 38.1 Å². The Labute approximate surface area is 158 Å². The van der Waals surface area contributed by atoms with Crippen LogP contribution in [0.15, 0.2) is 60.7 Å². The molecule has 0 unspecified atom stereocenters. The van der Waals surface area contributed by atoms with Crippen molar-refractivity contribution in [3.05, 3.63) is 71.8 Å². The van der Waals surface area contributed by atoms with E-state index in [1.807, 2.05) is 19.1 Å². The number of nitrogens with one attached hydrogen (secondary N) is 1. The third kappa shape index (κ3) is 5.88. The minimum absolute atomic E-state index is 0.0838. The van der Waals surface area contributed by atoms with E-state index in [-0.39, 0.29) is 5.75 Å². The SMILES string of the molecule is Cc1ccc(NC(=O)O[C@@H](c2ccc(O)cc2)C(C)(C)/C=C/C(=O)O)cc1. The maximum absolute atomic E-state index is 12.4. The lowest BCUT2D eigenvalue weighted by Crippen LogP contribution is -2.27. The molecule has 27 heavy (non-hydrogen) atoms. The number of benzene rings is 2. The maximum Gasteiger partial charge on any atom is 0.412 e. The van der Waals surface area contributed by atoms with Gasteiger partial charge in [-0.3, -0.25) is 5.32 Å². The minimum Gasteiger partial charge on any atom is -0.508 e. The summed E-state index contributed by atoms with van der Waals surface area (Å²) in [5, 5.41) is 21.1. The fourth-order valence-corrected chi connectivity index (χ4v) is 2.56. The van der Waals surface area contributed by atoms with E-state index >= 15 is 0 Å². The van der Waals surface area contributed by atoms with Gasteiger partial charge in [-0.05, 0) is 36.8 Å². The van der Waals surface area contributed by atoms with Crippen LogP contribution in [0.5, 0.6) is 5.75 Å². The predicted molar refractivity (Wildman–Crippen MR) is 103 cm³/mol. The number of phenols is 1. The molecule has 3 N–H and O–H groups in total. The van der Waals surface area contributed by atoms with E-state index in [9.17, 15) is 14.7 Å². The van der Waals surface area contributed by atoms with Crippen molar-refractivity contribution in [3.8, 4) is 5.75 Å². The number of aromatic hydroxyl groups is 1. The van der Waals surface area contributed by atoms with Crippen molar-refractivity contribution in [2.24, 2.45) is 5.41 Å². The van der Waals surface area contributed by atoms with Crippen molar-refractivity contribution in [1.29, 1.82) is 0 Å². The zero-order valence-electron chi connectivity index (χ0n) is 15.5. The zero-order valence-corrected chi connectivity index (χ0v) is 15.5. The number of hydrogen-bond donors (Lipinski definition) is 3. The monoisotopic (exact) mass is 369 g/mol. The molecule has 2 aromatic rings. The van der Waals surface area contributed by atoms with E-state index < -0.39 is 23.6 Å². The number of ether oxygens (including phenoxy) is 1. The molecule has 0 saturated heterocycles. The zero-order chi connectivity index (χ0) is 20.0. The molecule has 142 valence electrons. The highest BCUT2D eigenvalue weighted by molar-refractivity contribution is 5.85. The molecule has 0 spiro atoms. The number of rotatable bonds is 6. The van der Waals surface area contributed by atoms with Gasteiger partial charge in [0.05, 0.1) is 0 Å². The summed E-state index contributed by atoms with van der Waals surface area (Å²) in [4.78, 5) is 23.3. The van der Waals surface area contributed by atoms with Crippen molar-refractivity contribution < 1.29 is 24.5 Å². The highest BCUT2D eigenvalue weighted by Crippen LogP contribution is 2.38. The summed E-state index contributed by atoms with van der Waals surface area (Å²) in [5.74, 6) is -1.00. The third-order valence-electron chi connectivity index (χ3n) is 4.05. The number of carboxylic acids is 1. The molecule has 0 aliphatic carbocycles. The number of carboxylic acid groups (broad SMARTS) is 1. The molecule has 0 radical (unpaired) electrons. The Hall–Kier alpha value is -3.28. The first-order valence-corrected chi connectivity index (χ1v) is 8.43. The van der Waals surface area contributed by atoms with Crippen LogP contribution in [0.25, 0.3) is 0 Å². The van der Waals surface area contributed by atoms with Gasteiger partial charge in [-0.25, -0.2) is 9.59 Å². The van der Waals surface area contributed by atoms with Crippen molar-refractivity contribution in [1.82, 2.24) is 0 Å². The maximum atomic E-state index is 12.4. The van der Waals surface area contributed by atoms with E-state index in [0.717, 1.165) is 11.6 Å². The second kappa shape index (κ2) is 8.40. The first-order valence-electron chi connectivity index (χ1n) is 8.43. The highest BCUT2D eigenvalue weighted by atomic mass is 16.6. The molecule has 0 fully saturated rings. The van der Waals surface area contributed by atoms with Gasteiger partial charge < -0.3 is 14.9 Å². The largest absolute Gasteiger partial charge is 0.508 e. The molecule has 0 aliphatic rings. The molecule has 2 rings (SSSR count). The van der Waals surface area contributed by atoms with Gasteiger partial charge in [0.15, 0.2) is 0 Å². The number of anilines is 1. The summed E-state index contributed by atoms with van der Waals surface area (Å²) in [6.07, 6.45) is 1.08. The smallest absolute Gasteiger partial charge is 0.412 e. The topological polar surface area (TPSA) is 95.9 Å². The Morgan fingerprint density at radius 1 is 1.07 bits per heavy atom. The summed E-state index contributed by atoms with van der Waals surface area (Å²) in [7, 11) is 0. The van der Waals surface area contributed by atoms with Gasteiger partial charge in [0.25, 0.3) is 0 Å². The van der Waals surface area contributed by atoms with Crippen LogP contribution in [0.1, 0.15) is 31.1 Å². The molecular weight excluding hydrogens is 346 g/mol. The lowest BCUT2D eigenvalue weighted by atomic mass is 9.82. The van der Waals surface area contributed by atoms with E-state index in [2.05, 4.69) is 5.32 Å². The van der Waals surface area contributed by atoms with Gasteiger partial charge in [-0.2, -0.15) is 0 Å². The van der Waals surface area contributed by atoms with Crippen LogP contribution in [-0.2, 0) is 9.53 Å². The van der Waals surface area contributed by atoms with Gasteiger partial charge >= 0.3 is 12.1 Å². The molecule has 2 aromatic carbocycles. The van der Waals surface area contributed by atoms with Crippen LogP contribution in [0.3, 0.4) is 0 Å². The fourth-order valence-electron chi connectivity index (χ4n) is 2.56. The Morgan fingerprint density at radius 3 is 2.22 bits per heavy atom. The molecule has 0 bridgehead atoms. The Bertz CT molecular complexity index is 823. The molecule has 0 heterocycles. The lowest BCUT2D eigenvalue weighted by Gasteiger charge is -2.31. The average Bonchev–Trinajstić information content (AvgIpc) is 2.61. The van der Waals surface area contributed by atoms with Gasteiger partial charge in [0, 0.05) is 17.2 Å². The van der Waals surface area contributed by atoms with Crippen molar-refractivity contribution in [3.63, 3.8) is 0 Å². The van der Waals surface area contributed by atoms with Crippen LogP contribution in [0, 0.1) is 12.3 Å². The quantitative estimate of drug-likeness (QED) is 0.644. The second-order valence-electron chi connectivity index (χ2n) is 6.86. The van der Waals surface area contributed by atoms with Crippen LogP contribution in [0.4, 0.5) is 10.5 Å². The second-order valence-corrected chi connectivity index (χ2v) is 6.86. The molecule has 0 aromatic heterocycles. The fraction of sp³-hybridized carbons (Fsp3) is 0.238. The van der Waals surface area contributed by atoms with Gasteiger partial charge in [-0.1, -0.05) is 49.8 Å². The molecule has 1 atom stereocenters. The van der Waals surface area contributed by atoms with E-state index in [0.29, 0.717) is 11.3 Å². The Morgan fingerprint density at radius 2 is 1.67 bits per heavy atom. The highest BCUT2D eigenvalue weighted by Gasteiger charge is 2.32. The number of amides is 1. The molecule has 1 amide bonds. The summed E-state index contributed by atoms with van der Waals surface area (Å²) in [6, 6.07) is 13.5. The van der Waals surface area contributed by atoms with Crippen LogP contribution in [0.2, 0.25) is 0 Å². The number of carbonyl (C=O) groups is 2. The van der Waals surface area contributed by atoms with Gasteiger partial charge in [0.2, 0.25) is 0 Å². The Kier molecular flexibility index (Phi) is 6.23. The van der Waals surface area contributed by atoms with Gasteiger partial charge in [-0.15, -0.1) is 0 Å². The molecule has 6 nitrogen and oxygen atoms in total. The number of phenolic OH excluding ortho intramolecular Hbond substituents is 1.